The van der Waals surface area contributed by atoms with Crippen molar-refractivity contribution in [1.82, 2.24) is 0 Å². The largest absolute Gasteiger partial charge is 0.0654 e. The second kappa shape index (κ2) is 6.23. The summed E-state index contributed by atoms with van der Waals surface area (Å²) < 4.78 is 1.21. The maximum Gasteiger partial charge on any atom is 0.0180 e. The lowest BCUT2D eigenvalue weighted by molar-refractivity contribution is 0.666. The average Bonchev–Trinajstić information content (AvgIpc) is 2.11. The van der Waals surface area contributed by atoms with Crippen molar-refractivity contribution in [3.63, 3.8) is 0 Å². The van der Waals surface area contributed by atoms with Gasteiger partial charge in [-0.15, -0.1) is 0 Å². The minimum Gasteiger partial charge on any atom is -0.0654 e. The Bertz CT molecular complexity index is 258. The first kappa shape index (κ1) is 11.8. The van der Waals surface area contributed by atoms with Gasteiger partial charge in [0, 0.05) is 4.47 Å². The molecule has 0 heterocycles. The third kappa shape index (κ3) is 4.28. The van der Waals surface area contributed by atoms with E-state index in [1.165, 1.54) is 47.7 Å². The first-order valence-electron chi connectivity index (χ1n) is 5.48. The van der Waals surface area contributed by atoms with Gasteiger partial charge >= 0.3 is 0 Å². The number of rotatable bonds is 5. The van der Waals surface area contributed by atoms with Crippen LogP contribution < -0.4 is 0 Å². The predicted molar refractivity (Wildman–Crippen MR) is 66.7 cm³/mol. The van der Waals surface area contributed by atoms with Crippen LogP contribution in [0.3, 0.4) is 0 Å². The molecule has 1 rings (SSSR count). The highest BCUT2D eigenvalue weighted by Crippen LogP contribution is 2.17. The Morgan fingerprint density at radius 2 is 1.86 bits per heavy atom. The maximum absolute atomic E-state index is 3.54. The highest BCUT2D eigenvalue weighted by atomic mass is 79.9. The Labute approximate surface area is 95.9 Å². The summed E-state index contributed by atoms with van der Waals surface area (Å²) in [5.74, 6) is 0. The average molecular weight is 255 g/mol. The molecule has 1 heteroatoms. The zero-order chi connectivity index (χ0) is 10.4. The highest BCUT2D eigenvalue weighted by Gasteiger charge is 1.96. The van der Waals surface area contributed by atoms with E-state index in [1.807, 2.05) is 0 Å². The molecule has 0 nitrogen and oxygen atoms in total. The summed E-state index contributed by atoms with van der Waals surface area (Å²) in [6.45, 7) is 4.41. The molecule has 78 valence electrons. The molecule has 14 heavy (non-hydrogen) atoms. The zero-order valence-electron chi connectivity index (χ0n) is 9.15. The van der Waals surface area contributed by atoms with Gasteiger partial charge in [-0.05, 0) is 43.0 Å². The number of unbranched alkanes of at least 4 members (excludes halogenated alkanes) is 3. The van der Waals surface area contributed by atoms with Crippen molar-refractivity contribution in [2.75, 3.05) is 0 Å². The SMILES string of the molecule is CCCCCCc1cc(C)cc(Br)c1. The maximum atomic E-state index is 3.54. The van der Waals surface area contributed by atoms with Crippen LogP contribution >= 0.6 is 15.9 Å². The molecule has 1 aromatic carbocycles. The van der Waals surface area contributed by atoms with Gasteiger partial charge in [0.25, 0.3) is 0 Å². The molecular formula is C13H19Br. The molecule has 0 N–H and O–H groups in total. The fourth-order valence-corrected chi connectivity index (χ4v) is 2.37. The van der Waals surface area contributed by atoms with Crippen molar-refractivity contribution >= 4 is 15.9 Å². The summed E-state index contributed by atoms with van der Waals surface area (Å²) in [5, 5.41) is 0. The van der Waals surface area contributed by atoms with Gasteiger partial charge in [0.2, 0.25) is 0 Å². The van der Waals surface area contributed by atoms with Crippen LogP contribution in [0.2, 0.25) is 0 Å². The zero-order valence-corrected chi connectivity index (χ0v) is 10.7. The van der Waals surface area contributed by atoms with E-state index >= 15 is 0 Å². The second-order valence-corrected chi connectivity index (χ2v) is 4.86. The predicted octanol–water partition coefficient (Wildman–Crippen LogP) is 4.88. The van der Waals surface area contributed by atoms with Gasteiger partial charge in [-0.3, -0.25) is 0 Å². The third-order valence-corrected chi connectivity index (χ3v) is 2.88. The molecule has 0 fully saturated rings. The lowest BCUT2D eigenvalue weighted by Crippen LogP contribution is -1.87. The summed E-state index contributed by atoms with van der Waals surface area (Å²) in [6, 6.07) is 6.69. The van der Waals surface area contributed by atoms with Crippen molar-refractivity contribution in [2.45, 2.75) is 46.0 Å². The fourth-order valence-electron chi connectivity index (χ4n) is 1.71. The lowest BCUT2D eigenvalue weighted by atomic mass is 10.0. The van der Waals surface area contributed by atoms with Gasteiger partial charge in [-0.25, -0.2) is 0 Å². The van der Waals surface area contributed by atoms with E-state index in [-0.39, 0.29) is 0 Å². The number of aryl methyl sites for hydroxylation is 2. The molecule has 0 aliphatic heterocycles. The van der Waals surface area contributed by atoms with E-state index in [0.29, 0.717) is 0 Å². The van der Waals surface area contributed by atoms with Gasteiger partial charge in [0.15, 0.2) is 0 Å². The molecule has 0 spiro atoms. The molecule has 0 saturated carbocycles. The standard InChI is InChI=1S/C13H19Br/c1-3-4-5-6-7-12-8-11(2)9-13(14)10-12/h8-10H,3-7H2,1-2H3. The van der Waals surface area contributed by atoms with Crippen molar-refractivity contribution in [3.8, 4) is 0 Å². The minimum atomic E-state index is 1.21. The Morgan fingerprint density at radius 1 is 1.07 bits per heavy atom. The third-order valence-electron chi connectivity index (χ3n) is 2.42. The van der Waals surface area contributed by atoms with E-state index in [4.69, 9.17) is 0 Å². The van der Waals surface area contributed by atoms with E-state index in [2.05, 4.69) is 48.0 Å². The molecule has 0 bridgehead atoms. The Morgan fingerprint density at radius 3 is 2.50 bits per heavy atom. The summed E-state index contributed by atoms with van der Waals surface area (Å²) in [4.78, 5) is 0. The van der Waals surface area contributed by atoms with Crippen molar-refractivity contribution < 1.29 is 0 Å². The number of hydrogen-bond donors (Lipinski definition) is 0. The van der Waals surface area contributed by atoms with Crippen LogP contribution in [0.15, 0.2) is 22.7 Å². The van der Waals surface area contributed by atoms with E-state index in [0.717, 1.165) is 0 Å². The normalized spacial score (nSPS) is 10.5. The molecule has 0 aromatic heterocycles. The molecular weight excluding hydrogens is 236 g/mol. The molecule has 0 unspecified atom stereocenters. The monoisotopic (exact) mass is 254 g/mol. The quantitative estimate of drug-likeness (QED) is 0.658. The molecule has 0 radical (unpaired) electrons. The summed E-state index contributed by atoms with van der Waals surface area (Å²) in [6.07, 6.45) is 6.59. The van der Waals surface area contributed by atoms with Crippen LogP contribution in [0.4, 0.5) is 0 Å². The van der Waals surface area contributed by atoms with Gasteiger partial charge < -0.3 is 0 Å². The van der Waals surface area contributed by atoms with Gasteiger partial charge in [0.05, 0.1) is 0 Å². The van der Waals surface area contributed by atoms with Crippen LogP contribution in [0.1, 0.15) is 43.7 Å². The van der Waals surface area contributed by atoms with Crippen molar-refractivity contribution in [1.29, 1.82) is 0 Å². The summed E-state index contributed by atoms with van der Waals surface area (Å²) >= 11 is 3.54. The molecule has 0 aliphatic rings. The second-order valence-electron chi connectivity index (χ2n) is 3.95. The molecule has 0 atom stereocenters. The molecule has 0 aliphatic carbocycles. The van der Waals surface area contributed by atoms with E-state index in [9.17, 15) is 0 Å². The topological polar surface area (TPSA) is 0 Å². The first-order chi connectivity index (χ1) is 6.72. The number of benzene rings is 1. The Hall–Kier alpha value is -0.300. The molecule has 1 aromatic rings. The van der Waals surface area contributed by atoms with Gasteiger partial charge in [-0.2, -0.15) is 0 Å². The molecule has 0 amide bonds. The van der Waals surface area contributed by atoms with Crippen molar-refractivity contribution in [3.05, 3.63) is 33.8 Å². The Kier molecular flexibility index (Phi) is 5.24. The van der Waals surface area contributed by atoms with Crippen LogP contribution in [0, 0.1) is 6.92 Å². The first-order valence-corrected chi connectivity index (χ1v) is 6.27. The number of halogens is 1. The Balaban J connectivity index is 2.42. The minimum absolute atomic E-state index is 1.21. The van der Waals surface area contributed by atoms with Crippen LogP contribution in [-0.4, -0.2) is 0 Å². The lowest BCUT2D eigenvalue weighted by Gasteiger charge is -2.03. The van der Waals surface area contributed by atoms with E-state index < -0.39 is 0 Å². The van der Waals surface area contributed by atoms with Gasteiger partial charge in [0.1, 0.15) is 0 Å². The van der Waals surface area contributed by atoms with Gasteiger partial charge in [-0.1, -0.05) is 48.2 Å². The summed E-state index contributed by atoms with van der Waals surface area (Å²) in [7, 11) is 0. The van der Waals surface area contributed by atoms with Crippen LogP contribution in [0.25, 0.3) is 0 Å². The number of hydrogen-bond acceptors (Lipinski definition) is 0. The van der Waals surface area contributed by atoms with Crippen molar-refractivity contribution in [2.24, 2.45) is 0 Å². The highest BCUT2D eigenvalue weighted by molar-refractivity contribution is 9.10. The van der Waals surface area contributed by atoms with E-state index in [1.54, 1.807) is 0 Å². The van der Waals surface area contributed by atoms with Crippen LogP contribution in [0.5, 0.6) is 0 Å². The summed E-state index contributed by atoms with van der Waals surface area (Å²) in [5.41, 5.74) is 2.82. The fraction of sp³-hybridized carbons (Fsp3) is 0.538. The molecule has 0 saturated heterocycles. The smallest absolute Gasteiger partial charge is 0.0180 e. The van der Waals surface area contributed by atoms with Crippen LogP contribution in [-0.2, 0) is 6.42 Å².